The Morgan fingerprint density at radius 1 is 1.28 bits per heavy atom. The average Bonchev–Trinajstić information content (AvgIpc) is 2.95. The molecule has 0 aromatic carbocycles. The summed E-state index contributed by atoms with van der Waals surface area (Å²) in [4.78, 5) is 12.8. The molecule has 1 amide bonds. The van der Waals surface area contributed by atoms with Crippen LogP contribution in [0.2, 0.25) is 0 Å². The van der Waals surface area contributed by atoms with E-state index in [9.17, 15) is 13.2 Å². The molecule has 9 heteroatoms. The van der Waals surface area contributed by atoms with Crippen molar-refractivity contribution in [2.75, 3.05) is 26.3 Å². The van der Waals surface area contributed by atoms with Gasteiger partial charge in [0.1, 0.15) is 4.90 Å². The van der Waals surface area contributed by atoms with Crippen LogP contribution in [0.1, 0.15) is 37.1 Å². The molecule has 1 aromatic rings. The third kappa shape index (κ3) is 3.88. The molecular weight excluding hydrogens is 344 g/mol. The molecule has 0 bridgehead atoms. The Labute approximate surface area is 148 Å². The summed E-state index contributed by atoms with van der Waals surface area (Å²) < 4.78 is 32.7. The van der Waals surface area contributed by atoms with Crippen LogP contribution in [0.15, 0.2) is 4.90 Å². The van der Waals surface area contributed by atoms with E-state index in [1.165, 1.54) is 4.31 Å². The summed E-state index contributed by atoms with van der Waals surface area (Å²) in [5, 5.41) is 9.77. The van der Waals surface area contributed by atoms with Crippen LogP contribution in [-0.4, -0.2) is 61.2 Å². The van der Waals surface area contributed by atoms with Gasteiger partial charge in [-0.05, 0) is 39.5 Å². The summed E-state index contributed by atoms with van der Waals surface area (Å²) in [6.45, 7) is 5.36. The maximum Gasteiger partial charge on any atom is 0.246 e. The summed E-state index contributed by atoms with van der Waals surface area (Å²) in [6.07, 6.45) is 3.02. The van der Waals surface area contributed by atoms with Gasteiger partial charge in [0.15, 0.2) is 0 Å². The maximum absolute atomic E-state index is 13.0. The Morgan fingerprint density at radius 2 is 2.00 bits per heavy atom. The summed E-state index contributed by atoms with van der Waals surface area (Å²) in [6, 6.07) is 0.131. The number of carbonyl (C=O) groups excluding carboxylic acids is 1. The number of sulfonamides is 1. The molecule has 0 saturated carbocycles. The van der Waals surface area contributed by atoms with Crippen molar-refractivity contribution in [3.05, 3.63) is 11.4 Å². The van der Waals surface area contributed by atoms with Crippen LogP contribution in [0.3, 0.4) is 0 Å². The molecule has 3 heterocycles. The average molecular weight is 370 g/mol. The minimum atomic E-state index is -3.64. The van der Waals surface area contributed by atoms with Crippen molar-refractivity contribution in [2.45, 2.75) is 50.5 Å². The minimum absolute atomic E-state index is 0.0487. The highest BCUT2D eigenvalue weighted by molar-refractivity contribution is 7.89. The Bertz CT molecular complexity index is 705. The highest BCUT2D eigenvalue weighted by Crippen LogP contribution is 2.27. The number of amides is 1. The van der Waals surface area contributed by atoms with E-state index >= 15 is 0 Å². The molecule has 2 aliphatic heterocycles. The first-order valence-corrected chi connectivity index (χ1v) is 10.2. The number of carbonyl (C=O) groups is 1. The molecule has 2 saturated heterocycles. The van der Waals surface area contributed by atoms with Crippen molar-refractivity contribution in [1.82, 2.24) is 19.8 Å². The van der Waals surface area contributed by atoms with Crippen LogP contribution in [0.5, 0.6) is 0 Å². The number of hydrogen-bond acceptors (Lipinski definition) is 5. The van der Waals surface area contributed by atoms with Gasteiger partial charge in [0.2, 0.25) is 15.9 Å². The third-order valence-electron chi connectivity index (χ3n) is 4.98. The highest BCUT2D eigenvalue weighted by Gasteiger charge is 2.36. The molecule has 140 valence electrons. The van der Waals surface area contributed by atoms with Crippen LogP contribution >= 0.6 is 0 Å². The number of H-pyrrole nitrogens is 1. The van der Waals surface area contributed by atoms with E-state index in [1.807, 2.05) is 0 Å². The highest BCUT2D eigenvalue weighted by atomic mass is 32.2. The lowest BCUT2D eigenvalue weighted by molar-refractivity contribution is -0.127. The third-order valence-corrected chi connectivity index (χ3v) is 7.11. The van der Waals surface area contributed by atoms with Crippen molar-refractivity contribution in [3.8, 4) is 0 Å². The second-order valence-corrected chi connectivity index (χ2v) is 8.74. The van der Waals surface area contributed by atoms with Crippen molar-refractivity contribution in [2.24, 2.45) is 5.92 Å². The number of rotatable bonds is 4. The van der Waals surface area contributed by atoms with Gasteiger partial charge in [0.25, 0.3) is 0 Å². The zero-order valence-corrected chi connectivity index (χ0v) is 15.6. The van der Waals surface area contributed by atoms with Gasteiger partial charge in [-0.1, -0.05) is 0 Å². The second kappa shape index (κ2) is 7.43. The van der Waals surface area contributed by atoms with Crippen LogP contribution in [0.4, 0.5) is 0 Å². The lowest BCUT2D eigenvalue weighted by atomic mass is 9.97. The number of nitrogens with one attached hydrogen (secondary N) is 2. The monoisotopic (exact) mass is 370 g/mol. The SMILES string of the molecule is Cc1n[nH]c(C)c1S(=O)(=O)N1CCCC(C(=O)NC2CCOCC2)C1. The molecule has 1 unspecified atom stereocenters. The lowest BCUT2D eigenvalue weighted by Crippen LogP contribution is -2.48. The van der Waals surface area contributed by atoms with E-state index in [-0.39, 0.29) is 29.3 Å². The number of piperidine rings is 1. The summed E-state index contributed by atoms with van der Waals surface area (Å²) in [7, 11) is -3.64. The summed E-state index contributed by atoms with van der Waals surface area (Å²) in [5.74, 6) is -0.355. The Kier molecular flexibility index (Phi) is 5.45. The first-order valence-electron chi connectivity index (χ1n) is 8.79. The molecule has 1 aromatic heterocycles. The molecule has 0 aliphatic carbocycles. The molecular formula is C16H26N4O4S. The number of nitrogens with zero attached hydrogens (tertiary/aromatic N) is 2. The van der Waals surface area contributed by atoms with E-state index < -0.39 is 10.0 Å². The van der Waals surface area contributed by atoms with Crippen molar-refractivity contribution >= 4 is 15.9 Å². The van der Waals surface area contributed by atoms with E-state index in [4.69, 9.17) is 4.74 Å². The van der Waals surface area contributed by atoms with Gasteiger partial charge in [-0.25, -0.2) is 8.42 Å². The molecule has 2 N–H and O–H groups in total. The first kappa shape index (κ1) is 18.3. The van der Waals surface area contributed by atoms with E-state index in [0.717, 1.165) is 12.8 Å². The predicted octanol–water partition coefficient (Wildman–Crippen LogP) is 0.722. The van der Waals surface area contributed by atoms with Crippen molar-refractivity contribution in [1.29, 1.82) is 0 Å². The fourth-order valence-electron chi connectivity index (χ4n) is 3.59. The number of ether oxygens (including phenoxy) is 1. The van der Waals surface area contributed by atoms with Gasteiger partial charge >= 0.3 is 0 Å². The number of hydrogen-bond donors (Lipinski definition) is 2. The van der Waals surface area contributed by atoms with Gasteiger partial charge in [0, 0.05) is 32.3 Å². The van der Waals surface area contributed by atoms with Gasteiger partial charge in [-0.15, -0.1) is 0 Å². The molecule has 8 nitrogen and oxygen atoms in total. The predicted molar refractivity (Wildman–Crippen MR) is 91.5 cm³/mol. The van der Waals surface area contributed by atoms with E-state index in [2.05, 4.69) is 15.5 Å². The molecule has 25 heavy (non-hydrogen) atoms. The van der Waals surface area contributed by atoms with Gasteiger partial charge in [0.05, 0.1) is 17.3 Å². The first-order chi connectivity index (χ1) is 11.9. The van der Waals surface area contributed by atoms with Crippen molar-refractivity contribution < 1.29 is 17.9 Å². The second-order valence-electron chi connectivity index (χ2n) is 6.86. The number of aromatic nitrogens is 2. The molecule has 3 rings (SSSR count). The molecule has 2 aliphatic rings. The zero-order valence-electron chi connectivity index (χ0n) is 14.7. The lowest BCUT2D eigenvalue weighted by Gasteiger charge is -2.32. The number of aromatic amines is 1. The van der Waals surface area contributed by atoms with Crippen LogP contribution < -0.4 is 5.32 Å². The van der Waals surface area contributed by atoms with E-state index in [0.29, 0.717) is 44.0 Å². The Balaban J connectivity index is 1.69. The smallest absolute Gasteiger partial charge is 0.246 e. The molecule has 1 atom stereocenters. The maximum atomic E-state index is 13.0. The Hall–Kier alpha value is -1.45. The largest absolute Gasteiger partial charge is 0.381 e. The van der Waals surface area contributed by atoms with Crippen LogP contribution in [0, 0.1) is 19.8 Å². The zero-order chi connectivity index (χ0) is 18.0. The van der Waals surface area contributed by atoms with Crippen LogP contribution in [0.25, 0.3) is 0 Å². The summed E-state index contributed by atoms with van der Waals surface area (Å²) >= 11 is 0. The van der Waals surface area contributed by atoms with Crippen LogP contribution in [-0.2, 0) is 19.6 Å². The molecule has 0 radical (unpaired) electrons. The molecule has 2 fully saturated rings. The molecule has 0 spiro atoms. The quantitative estimate of drug-likeness (QED) is 0.813. The standard InChI is InChI=1S/C16H26N4O4S/c1-11-15(12(2)19-18-11)25(22,23)20-7-3-4-13(10-20)16(21)17-14-5-8-24-9-6-14/h13-14H,3-10H2,1-2H3,(H,17,21)(H,18,19). The van der Waals surface area contributed by atoms with Crippen molar-refractivity contribution in [3.63, 3.8) is 0 Å². The fraction of sp³-hybridized carbons (Fsp3) is 0.750. The van der Waals surface area contributed by atoms with Gasteiger partial charge < -0.3 is 10.1 Å². The normalized spacial score (nSPS) is 23.5. The minimum Gasteiger partial charge on any atom is -0.381 e. The Morgan fingerprint density at radius 3 is 2.64 bits per heavy atom. The topological polar surface area (TPSA) is 104 Å². The fourth-order valence-corrected chi connectivity index (χ4v) is 5.44. The van der Waals surface area contributed by atoms with Gasteiger partial charge in [-0.3, -0.25) is 9.89 Å². The number of aryl methyl sites for hydroxylation is 2. The van der Waals surface area contributed by atoms with E-state index in [1.54, 1.807) is 13.8 Å². The van der Waals surface area contributed by atoms with Gasteiger partial charge in [-0.2, -0.15) is 9.40 Å². The summed E-state index contributed by atoms with van der Waals surface area (Å²) in [5.41, 5.74) is 0.998.